The van der Waals surface area contributed by atoms with Gasteiger partial charge in [0.05, 0.1) is 7.11 Å². The van der Waals surface area contributed by atoms with Crippen LogP contribution in [-0.4, -0.2) is 34.0 Å². The number of benzene rings is 1. The minimum atomic E-state index is -0.147. The van der Waals surface area contributed by atoms with Crippen LogP contribution in [-0.2, 0) is 0 Å². The van der Waals surface area contributed by atoms with Gasteiger partial charge in [0.2, 0.25) is 5.91 Å². The standard InChI is InChI=1S/C12H13N3O2S/c1-8(16)15-12(18-3)13-11(14-15)9-4-6-10(17-2)7-5-9/h4-7H,1-3H3. The maximum absolute atomic E-state index is 11.4. The molecular formula is C12H13N3O2S. The summed E-state index contributed by atoms with van der Waals surface area (Å²) in [5, 5.41) is 4.79. The normalized spacial score (nSPS) is 10.4. The first kappa shape index (κ1) is 12.6. The summed E-state index contributed by atoms with van der Waals surface area (Å²) < 4.78 is 6.40. The molecule has 2 aromatic rings. The van der Waals surface area contributed by atoms with E-state index in [1.165, 1.54) is 23.4 Å². The van der Waals surface area contributed by atoms with Crippen LogP contribution in [0.1, 0.15) is 11.7 Å². The van der Waals surface area contributed by atoms with Gasteiger partial charge in [0.15, 0.2) is 11.0 Å². The summed E-state index contributed by atoms with van der Waals surface area (Å²) in [5.41, 5.74) is 0.853. The molecule has 1 aromatic heterocycles. The Labute approximate surface area is 109 Å². The van der Waals surface area contributed by atoms with Crippen molar-refractivity contribution < 1.29 is 9.53 Å². The van der Waals surface area contributed by atoms with Gasteiger partial charge in [-0.15, -0.1) is 5.10 Å². The maximum Gasteiger partial charge on any atom is 0.246 e. The fraction of sp³-hybridized carbons (Fsp3) is 0.250. The van der Waals surface area contributed by atoms with E-state index in [-0.39, 0.29) is 5.91 Å². The van der Waals surface area contributed by atoms with E-state index in [0.29, 0.717) is 11.0 Å². The van der Waals surface area contributed by atoms with Gasteiger partial charge in [-0.3, -0.25) is 4.79 Å². The molecular weight excluding hydrogens is 250 g/mol. The van der Waals surface area contributed by atoms with Crippen molar-refractivity contribution in [2.75, 3.05) is 13.4 Å². The Kier molecular flexibility index (Phi) is 3.66. The molecule has 0 spiro atoms. The van der Waals surface area contributed by atoms with E-state index in [1.807, 2.05) is 30.5 Å². The first-order chi connectivity index (χ1) is 8.65. The van der Waals surface area contributed by atoms with Crippen LogP contribution in [0.15, 0.2) is 29.4 Å². The van der Waals surface area contributed by atoms with Crippen molar-refractivity contribution in [3.05, 3.63) is 24.3 Å². The monoisotopic (exact) mass is 263 g/mol. The predicted octanol–water partition coefficient (Wildman–Crippen LogP) is 2.34. The van der Waals surface area contributed by atoms with E-state index in [1.54, 1.807) is 7.11 Å². The van der Waals surface area contributed by atoms with E-state index < -0.39 is 0 Å². The molecule has 0 radical (unpaired) electrons. The number of hydrogen-bond acceptors (Lipinski definition) is 5. The molecule has 1 aromatic carbocycles. The Bertz CT molecular complexity index is 563. The average Bonchev–Trinajstić information content (AvgIpc) is 2.83. The van der Waals surface area contributed by atoms with Crippen LogP contribution in [0.4, 0.5) is 0 Å². The first-order valence-corrected chi connectivity index (χ1v) is 6.54. The highest BCUT2D eigenvalue weighted by Gasteiger charge is 2.13. The van der Waals surface area contributed by atoms with Crippen LogP contribution in [0.3, 0.4) is 0 Å². The number of carbonyl (C=O) groups is 1. The van der Waals surface area contributed by atoms with Crippen LogP contribution in [0.5, 0.6) is 5.75 Å². The molecule has 0 saturated carbocycles. The van der Waals surface area contributed by atoms with Crippen molar-refractivity contribution in [3.8, 4) is 17.1 Å². The molecule has 94 valence electrons. The smallest absolute Gasteiger partial charge is 0.246 e. The van der Waals surface area contributed by atoms with Crippen LogP contribution in [0.2, 0.25) is 0 Å². The van der Waals surface area contributed by atoms with Crippen molar-refractivity contribution in [2.24, 2.45) is 0 Å². The second-order valence-electron chi connectivity index (χ2n) is 3.58. The summed E-state index contributed by atoms with van der Waals surface area (Å²) in [7, 11) is 1.61. The number of thioether (sulfide) groups is 1. The molecule has 0 saturated heterocycles. The van der Waals surface area contributed by atoms with Gasteiger partial charge in [0.1, 0.15) is 5.75 Å². The van der Waals surface area contributed by atoms with Gasteiger partial charge in [-0.05, 0) is 30.5 Å². The molecule has 0 amide bonds. The van der Waals surface area contributed by atoms with Gasteiger partial charge in [-0.1, -0.05) is 11.8 Å². The third-order valence-corrected chi connectivity index (χ3v) is 3.04. The molecule has 0 N–H and O–H groups in total. The summed E-state index contributed by atoms with van der Waals surface area (Å²) in [5.74, 6) is 1.17. The van der Waals surface area contributed by atoms with Gasteiger partial charge in [-0.2, -0.15) is 4.68 Å². The molecule has 18 heavy (non-hydrogen) atoms. The largest absolute Gasteiger partial charge is 0.497 e. The SMILES string of the molecule is COc1ccc(-c2nc(SC)n(C(C)=O)n2)cc1. The minimum absolute atomic E-state index is 0.147. The van der Waals surface area contributed by atoms with Gasteiger partial charge in [0, 0.05) is 12.5 Å². The quantitative estimate of drug-likeness (QED) is 0.795. The van der Waals surface area contributed by atoms with Crippen molar-refractivity contribution in [1.29, 1.82) is 0 Å². The summed E-state index contributed by atoms with van der Waals surface area (Å²) >= 11 is 1.39. The Morgan fingerprint density at radius 1 is 1.33 bits per heavy atom. The molecule has 0 bridgehead atoms. The number of nitrogens with zero attached hydrogens (tertiary/aromatic N) is 3. The first-order valence-electron chi connectivity index (χ1n) is 5.32. The zero-order chi connectivity index (χ0) is 13.1. The highest BCUT2D eigenvalue weighted by atomic mass is 32.2. The minimum Gasteiger partial charge on any atom is -0.497 e. The summed E-state index contributed by atoms with van der Waals surface area (Å²) in [6.45, 7) is 1.46. The lowest BCUT2D eigenvalue weighted by molar-refractivity contribution is 0.0909. The van der Waals surface area contributed by atoms with E-state index in [2.05, 4.69) is 10.1 Å². The molecule has 0 fully saturated rings. The fourth-order valence-electron chi connectivity index (χ4n) is 1.50. The highest BCUT2D eigenvalue weighted by Crippen LogP contribution is 2.22. The Hall–Kier alpha value is -1.82. The lowest BCUT2D eigenvalue weighted by Gasteiger charge is -1.99. The molecule has 6 heteroatoms. The molecule has 0 atom stereocenters. The third kappa shape index (κ3) is 2.38. The summed E-state index contributed by atoms with van der Waals surface area (Å²) in [4.78, 5) is 15.7. The summed E-state index contributed by atoms with van der Waals surface area (Å²) in [6.07, 6.45) is 1.86. The fourth-order valence-corrected chi connectivity index (χ4v) is 2.02. The van der Waals surface area contributed by atoms with E-state index in [9.17, 15) is 4.79 Å². The Balaban J connectivity index is 2.40. The number of rotatable bonds is 3. The van der Waals surface area contributed by atoms with Crippen molar-refractivity contribution >= 4 is 17.7 Å². The van der Waals surface area contributed by atoms with Gasteiger partial charge < -0.3 is 4.74 Å². The van der Waals surface area contributed by atoms with Gasteiger partial charge in [0.25, 0.3) is 0 Å². The van der Waals surface area contributed by atoms with Crippen LogP contribution >= 0.6 is 11.8 Å². The van der Waals surface area contributed by atoms with Crippen LogP contribution < -0.4 is 4.74 Å². The van der Waals surface area contributed by atoms with Crippen molar-refractivity contribution in [2.45, 2.75) is 12.1 Å². The number of ether oxygens (including phenoxy) is 1. The molecule has 1 heterocycles. The molecule has 0 aliphatic heterocycles. The number of aromatic nitrogens is 3. The zero-order valence-electron chi connectivity index (χ0n) is 10.4. The lowest BCUT2D eigenvalue weighted by Crippen LogP contribution is -2.08. The number of carbonyl (C=O) groups excluding carboxylic acids is 1. The number of hydrogen-bond donors (Lipinski definition) is 0. The highest BCUT2D eigenvalue weighted by molar-refractivity contribution is 7.98. The van der Waals surface area contributed by atoms with Gasteiger partial charge in [-0.25, -0.2) is 4.98 Å². The third-order valence-electron chi connectivity index (χ3n) is 2.41. The molecule has 0 unspecified atom stereocenters. The maximum atomic E-state index is 11.4. The zero-order valence-corrected chi connectivity index (χ0v) is 11.2. The average molecular weight is 263 g/mol. The Morgan fingerprint density at radius 3 is 2.44 bits per heavy atom. The second kappa shape index (κ2) is 5.22. The Morgan fingerprint density at radius 2 is 2.00 bits per heavy atom. The second-order valence-corrected chi connectivity index (χ2v) is 4.35. The van der Waals surface area contributed by atoms with Crippen LogP contribution in [0, 0.1) is 0 Å². The molecule has 5 nitrogen and oxygen atoms in total. The van der Waals surface area contributed by atoms with E-state index in [0.717, 1.165) is 11.3 Å². The van der Waals surface area contributed by atoms with E-state index in [4.69, 9.17) is 4.74 Å². The summed E-state index contributed by atoms with van der Waals surface area (Å²) in [6, 6.07) is 7.40. The molecule has 0 aliphatic rings. The lowest BCUT2D eigenvalue weighted by atomic mass is 10.2. The van der Waals surface area contributed by atoms with Crippen molar-refractivity contribution in [3.63, 3.8) is 0 Å². The molecule has 0 aliphatic carbocycles. The predicted molar refractivity (Wildman–Crippen MR) is 70.1 cm³/mol. The van der Waals surface area contributed by atoms with Crippen molar-refractivity contribution in [1.82, 2.24) is 14.8 Å². The number of methoxy groups -OCH3 is 1. The topological polar surface area (TPSA) is 57.0 Å². The molecule has 2 rings (SSSR count). The van der Waals surface area contributed by atoms with E-state index >= 15 is 0 Å². The van der Waals surface area contributed by atoms with Crippen LogP contribution in [0.25, 0.3) is 11.4 Å². The van der Waals surface area contributed by atoms with Gasteiger partial charge >= 0.3 is 0 Å².